The molecule has 3 heterocycles. The number of H-pyrrole nitrogens is 1. The van der Waals surface area contributed by atoms with Gasteiger partial charge in [-0.25, -0.2) is 21.5 Å². The molecule has 0 radical (unpaired) electrons. The molecule has 164 valence electrons. The number of nitrogens with one attached hydrogen (secondary N) is 3. The average Bonchev–Trinajstić information content (AvgIpc) is 3.16. The molecule has 2 aromatic heterocycles. The minimum absolute atomic E-state index is 0.126. The van der Waals surface area contributed by atoms with Gasteiger partial charge in [0, 0.05) is 11.6 Å². The van der Waals surface area contributed by atoms with Gasteiger partial charge in [0.25, 0.3) is 0 Å². The van der Waals surface area contributed by atoms with Gasteiger partial charge < -0.3 is 14.7 Å². The second-order valence-electron chi connectivity index (χ2n) is 7.24. The molecule has 0 aliphatic carbocycles. The Morgan fingerprint density at radius 1 is 1.32 bits per heavy atom. The number of nitrogens with zero attached hydrogens (tertiary/aromatic N) is 2. The van der Waals surface area contributed by atoms with Gasteiger partial charge in [-0.2, -0.15) is 4.98 Å². The predicted octanol–water partition coefficient (Wildman–Crippen LogP) is 1.66. The first-order valence-electron chi connectivity index (χ1n) is 9.43. The van der Waals surface area contributed by atoms with E-state index in [1.54, 1.807) is 0 Å². The maximum Gasteiger partial charge on any atom is 0.234 e. The molecular formula is C19H19F2N5O4S. The van der Waals surface area contributed by atoms with E-state index in [0.29, 0.717) is 25.9 Å². The highest BCUT2D eigenvalue weighted by Crippen LogP contribution is 2.27. The number of ketones is 1. The standard InChI is InChI=1S/C19H19F2N5O4S/c1-31(28,29)26(11-2-5-23-6-3-11)19-24-9-12(18(22)25-19)16(27)14-15(21)13(20)8-10-4-7-30-17(10)14/h4,7-9,11,23H,2-3,5-6H2,1H3,(H2,22,24,25). The third kappa shape index (κ3) is 3.83. The predicted molar refractivity (Wildman–Crippen MR) is 107 cm³/mol. The SMILES string of the molecule is CS(=O)(=O)N(c1nc(=N)c(C(=O)c2c(F)c(F)cc3ccoc23)c[nH]1)C1CCNCC1. The molecule has 1 aliphatic rings. The van der Waals surface area contributed by atoms with Crippen LogP contribution in [0, 0.1) is 17.0 Å². The molecule has 0 spiro atoms. The molecule has 4 rings (SSSR count). The van der Waals surface area contributed by atoms with Crippen molar-refractivity contribution in [1.82, 2.24) is 15.3 Å². The molecule has 1 aromatic carbocycles. The molecule has 9 nitrogen and oxygen atoms in total. The summed E-state index contributed by atoms with van der Waals surface area (Å²) < 4.78 is 59.4. The van der Waals surface area contributed by atoms with E-state index in [2.05, 4.69) is 15.3 Å². The lowest BCUT2D eigenvalue weighted by molar-refractivity contribution is 0.103. The van der Waals surface area contributed by atoms with E-state index in [4.69, 9.17) is 9.83 Å². The topological polar surface area (TPSA) is 132 Å². The molecule has 1 fully saturated rings. The van der Waals surface area contributed by atoms with Gasteiger partial charge in [-0.1, -0.05) is 0 Å². The van der Waals surface area contributed by atoms with Crippen LogP contribution in [0.5, 0.6) is 0 Å². The fraction of sp³-hybridized carbons (Fsp3) is 0.316. The molecule has 1 aliphatic heterocycles. The second kappa shape index (κ2) is 7.85. The lowest BCUT2D eigenvalue weighted by Crippen LogP contribution is -2.47. The highest BCUT2D eigenvalue weighted by atomic mass is 32.2. The van der Waals surface area contributed by atoms with Crippen LogP contribution in [0.25, 0.3) is 11.0 Å². The molecule has 31 heavy (non-hydrogen) atoms. The highest BCUT2D eigenvalue weighted by molar-refractivity contribution is 7.92. The van der Waals surface area contributed by atoms with E-state index in [1.165, 1.54) is 12.3 Å². The normalized spacial score (nSPS) is 15.3. The molecule has 0 amide bonds. The Balaban J connectivity index is 1.78. The first kappa shape index (κ1) is 21.1. The van der Waals surface area contributed by atoms with Crippen molar-refractivity contribution in [1.29, 1.82) is 5.41 Å². The lowest BCUT2D eigenvalue weighted by Gasteiger charge is -2.33. The number of anilines is 1. The van der Waals surface area contributed by atoms with Gasteiger partial charge in [0.05, 0.1) is 24.1 Å². The number of fused-ring (bicyclic) bond motifs is 1. The number of sulfonamides is 1. The maximum absolute atomic E-state index is 14.4. The van der Waals surface area contributed by atoms with Crippen LogP contribution in [-0.4, -0.2) is 49.6 Å². The van der Waals surface area contributed by atoms with Gasteiger partial charge >= 0.3 is 0 Å². The molecular weight excluding hydrogens is 432 g/mol. The van der Waals surface area contributed by atoms with Crippen LogP contribution in [0.15, 0.2) is 29.0 Å². The summed E-state index contributed by atoms with van der Waals surface area (Å²) in [5.41, 5.74) is -1.75. The monoisotopic (exact) mass is 451 g/mol. The van der Waals surface area contributed by atoms with Crippen LogP contribution in [0.4, 0.5) is 14.7 Å². The largest absolute Gasteiger partial charge is 0.463 e. The van der Waals surface area contributed by atoms with E-state index < -0.39 is 38.5 Å². The summed E-state index contributed by atoms with van der Waals surface area (Å²) in [5.74, 6) is -3.77. The second-order valence-corrected chi connectivity index (χ2v) is 9.10. The summed E-state index contributed by atoms with van der Waals surface area (Å²) >= 11 is 0. The Bertz CT molecular complexity index is 1330. The van der Waals surface area contributed by atoms with Crippen LogP contribution >= 0.6 is 0 Å². The Kier molecular flexibility index (Phi) is 5.35. The number of hydrogen-bond acceptors (Lipinski definition) is 7. The summed E-state index contributed by atoms with van der Waals surface area (Å²) in [6.45, 7) is 1.25. The van der Waals surface area contributed by atoms with Crippen LogP contribution in [0.3, 0.4) is 0 Å². The van der Waals surface area contributed by atoms with Crippen molar-refractivity contribution in [3.05, 3.63) is 52.8 Å². The minimum atomic E-state index is -3.73. The van der Waals surface area contributed by atoms with Gasteiger partial charge in [-0.15, -0.1) is 0 Å². The summed E-state index contributed by atoms with van der Waals surface area (Å²) in [6, 6.07) is 1.92. The number of hydrogen-bond donors (Lipinski definition) is 3. The van der Waals surface area contributed by atoms with Crippen molar-refractivity contribution in [2.24, 2.45) is 0 Å². The van der Waals surface area contributed by atoms with Crippen LogP contribution in [-0.2, 0) is 10.0 Å². The Hall–Kier alpha value is -3.12. The number of carbonyl (C=O) groups is 1. The number of aromatic nitrogens is 2. The van der Waals surface area contributed by atoms with Crippen molar-refractivity contribution in [3.8, 4) is 0 Å². The Morgan fingerprint density at radius 2 is 2.03 bits per heavy atom. The molecule has 1 saturated heterocycles. The molecule has 3 N–H and O–H groups in total. The van der Waals surface area contributed by atoms with E-state index in [9.17, 15) is 22.0 Å². The van der Waals surface area contributed by atoms with E-state index >= 15 is 0 Å². The quantitative estimate of drug-likeness (QED) is 0.506. The number of carbonyl (C=O) groups excluding carboxylic acids is 1. The Labute approximate surface area is 175 Å². The smallest absolute Gasteiger partial charge is 0.234 e. The van der Waals surface area contributed by atoms with Gasteiger partial charge in [-0.05, 0) is 38.1 Å². The summed E-state index contributed by atoms with van der Waals surface area (Å²) in [4.78, 5) is 19.5. The van der Waals surface area contributed by atoms with Gasteiger partial charge in [0.1, 0.15) is 11.1 Å². The van der Waals surface area contributed by atoms with Crippen molar-refractivity contribution in [2.45, 2.75) is 18.9 Å². The van der Waals surface area contributed by atoms with E-state index in [-0.39, 0.29) is 28.5 Å². The fourth-order valence-corrected chi connectivity index (χ4v) is 4.88. The molecule has 0 atom stereocenters. The first-order valence-corrected chi connectivity index (χ1v) is 11.3. The van der Waals surface area contributed by atoms with Crippen molar-refractivity contribution in [3.63, 3.8) is 0 Å². The molecule has 3 aromatic rings. The molecule has 0 bridgehead atoms. The van der Waals surface area contributed by atoms with Crippen LogP contribution in [0.2, 0.25) is 0 Å². The van der Waals surface area contributed by atoms with Gasteiger partial charge in [0.2, 0.25) is 21.8 Å². The summed E-state index contributed by atoms with van der Waals surface area (Å²) in [7, 11) is -3.73. The van der Waals surface area contributed by atoms with E-state index in [0.717, 1.165) is 22.8 Å². The number of piperidine rings is 1. The minimum Gasteiger partial charge on any atom is -0.463 e. The summed E-state index contributed by atoms with van der Waals surface area (Å²) in [6.07, 6.45) is 4.38. The lowest BCUT2D eigenvalue weighted by atomic mass is 10.0. The van der Waals surface area contributed by atoms with Gasteiger partial charge in [-0.3, -0.25) is 10.2 Å². The van der Waals surface area contributed by atoms with Crippen molar-refractivity contribution >= 4 is 32.7 Å². The molecule has 0 saturated carbocycles. The number of aromatic amines is 1. The number of furan rings is 1. The van der Waals surface area contributed by atoms with E-state index in [1.807, 2.05) is 0 Å². The maximum atomic E-state index is 14.4. The zero-order chi connectivity index (χ0) is 22.3. The number of halogens is 2. The van der Waals surface area contributed by atoms with Crippen LogP contribution < -0.4 is 15.1 Å². The fourth-order valence-electron chi connectivity index (χ4n) is 3.72. The van der Waals surface area contributed by atoms with Crippen molar-refractivity contribution in [2.75, 3.05) is 23.7 Å². The van der Waals surface area contributed by atoms with Gasteiger partial charge in [0.15, 0.2) is 17.1 Å². The molecule has 12 heteroatoms. The number of rotatable bonds is 5. The summed E-state index contributed by atoms with van der Waals surface area (Å²) in [5, 5.41) is 11.5. The first-order chi connectivity index (χ1) is 14.7. The van der Waals surface area contributed by atoms with Crippen molar-refractivity contribution < 1.29 is 26.4 Å². The zero-order valence-corrected chi connectivity index (χ0v) is 17.2. The van der Waals surface area contributed by atoms with Crippen LogP contribution in [0.1, 0.15) is 28.8 Å². The number of benzene rings is 1. The highest BCUT2D eigenvalue weighted by Gasteiger charge is 2.31. The Morgan fingerprint density at radius 3 is 2.68 bits per heavy atom. The third-order valence-electron chi connectivity index (χ3n) is 5.13. The molecule has 0 unspecified atom stereocenters. The zero-order valence-electron chi connectivity index (χ0n) is 16.4. The average molecular weight is 451 g/mol. The third-order valence-corrected chi connectivity index (χ3v) is 6.32.